The average molecular weight is 385 g/mol. The van der Waals surface area contributed by atoms with Crippen molar-refractivity contribution < 1.29 is 9.53 Å². The van der Waals surface area contributed by atoms with Gasteiger partial charge in [0.05, 0.1) is 23.9 Å². The zero-order valence-corrected chi connectivity index (χ0v) is 16.1. The molecule has 1 aliphatic rings. The lowest BCUT2D eigenvalue weighted by Gasteiger charge is -2.29. The van der Waals surface area contributed by atoms with E-state index in [9.17, 15) is 4.79 Å². The number of rotatable bonds is 2. The Morgan fingerprint density at radius 2 is 1.93 bits per heavy atom. The molecule has 4 rings (SSSR count). The van der Waals surface area contributed by atoms with E-state index in [1.807, 2.05) is 44.2 Å². The van der Waals surface area contributed by atoms with Gasteiger partial charge in [-0.3, -0.25) is 9.88 Å². The van der Waals surface area contributed by atoms with Gasteiger partial charge in [0.15, 0.2) is 11.6 Å². The van der Waals surface area contributed by atoms with E-state index in [2.05, 4.69) is 21.4 Å². The number of carbonyl (C=O) groups excluding carboxylic acids is 1. The van der Waals surface area contributed by atoms with Crippen LogP contribution in [0.15, 0.2) is 48.5 Å². The van der Waals surface area contributed by atoms with Gasteiger partial charge < -0.3 is 10.1 Å². The fourth-order valence-electron chi connectivity index (χ4n) is 3.30. The van der Waals surface area contributed by atoms with Crippen molar-refractivity contribution in [3.05, 3.63) is 65.5 Å². The quantitative estimate of drug-likeness (QED) is 0.718. The first-order valence-electron chi connectivity index (χ1n) is 9.22. The molecule has 0 spiro atoms. The molecular formula is C22H19N5O2. The van der Waals surface area contributed by atoms with Gasteiger partial charge in [0.1, 0.15) is 6.61 Å². The second-order valence-corrected chi connectivity index (χ2v) is 6.78. The molecule has 0 saturated heterocycles. The number of aryl methyl sites for hydroxylation is 2. The zero-order valence-electron chi connectivity index (χ0n) is 16.1. The van der Waals surface area contributed by atoms with Crippen LogP contribution in [-0.2, 0) is 0 Å². The summed E-state index contributed by atoms with van der Waals surface area (Å²) in [5, 5.41) is 12.1. The average Bonchev–Trinajstić information content (AvgIpc) is 2.72. The Morgan fingerprint density at radius 3 is 2.69 bits per heavy atom. The monoisotopic (exact) mass is 385 g/mol. The summed E-state index contributed by atoms with van der Waals surface area (Å²) in [7, 11) is 0. The van der Waals surface area contributed by atoms with Crippen LogP contribution in [0.25, 0.3) is 11.3 Å². The largest absolute Gasteiger partial charge is 0.488 e. The molecule has 2 aromatic heterocycles. The van der Waals surface area contributed by atoms with E-state index in [0.29, 0.717) is 41.7 Å². The van der Waals surface area contributed by atoms with E-state index in [4.69, 9.17) is 10.00 Å². The minimum atomic E-state index is -0.282. The number of hydrogen-bond donors (Lipinski definition) is 1. The summed E-state index contributed by atoms with van der Waals surface area (Å²) in [5.41, 5.74) is 4.38. The Hall–Kier alpha value is -3.92. The van der Waals surface area contributed by atoms with Crippen LogP contribution >= 0.6 is 0 Å². The summed E-state index contributed by atoms with van der Waals surface area (Å²) in [4.78, 5) is 23.5. The number of fused-ring (bicyclic) bond motifs is 1. The van der Waals surface area contributed by atoms with Crippen molar-refractivity contribution in [3.63, 3.8) is 0 Å². The maximum atomic E-state index is 13.0. The molecule has 1 aliphatic heterocycles. The van der Waals surface area contributed by atoms with Crippen LogP contribution in [0.5, 0.6) is 5.75 Å². The number of anilines is 2. The van der Waals surface area contributed by atoms with Gasteiger partial charge in [-0.1, -0.05) is 12.1 Å². The minimum absolute atomic E-state index is 0.282. The lowest BCUT2D eigenvalue weighted by atomic mass is 10.1. The molecule has 144 valence electrons. The Kier molecular flexibility index (Phi) is 4.83. The molecule has 1 aromatic carbocycles. The lowest BCUT2D eigenvalue weighted by molar-refractivity contribution is 0.249. The summed E-state index contributed by atoms with van der Waals surface area (Å²) < 4.78 is 5.68. The summed E-state index contributed by atoms with van der Waals surface area (Å²) >= 11 is 0. The SMILES string of the molecule is Cc1cc(NC(=O)N2CCOc3ccc(-c4cccc(C#N)c4)nc32)cc(C)n1. The zero-order chi connectivity index (χ0) is 20.4. The van der Waals surface area contributed by atoms with E-state index in [1.165, 1.54) is 0 Å². The van der Waals surface area contributed by atoms with Gasteiger partial charge >= 0.3 is 6.03 Å². The van der Waals surface area contributed by atoms with Crippen molar-refractivity contribution in [3.8, 4) is 23.1 Å². The van der Waals surface area contributed by atoms with Crippen molar-refractivity contribution in [2.75, 3.05) is 23.4 Å². The molecule has 3 aromatic rings. The normalized spacial score (nSPS) is 12.5. The van der Waals surface area contributed by atoms with E-state index >= 15 is 0 Å². The molecule has 7 nitrogen and oxygen atoms in total. The molecular weight excluding hydrogens is 366 g/mol. The van der Waals surface area contributed by atoms with Crippen LogP contribution < -0.4 is 15.0 Å². The first kappa shape index (κ1) is 18.4. The standard InChI is InChI=1S/C22H19N5O2/c1-14-10-18(11-15(2)24-14)25-22(28)27-8-9-29-20-7-6-19(26-21(20)27)17-5-3-4-16(12-17)13-23/h3-7,10-12H,8-9H2,1-2H3,(H,24,25,28). The van der Waals surface area contributed by atoms with Gasteiger partial charge in [-0.05, 0) is 50.2 Å². The van der Waals surface area contributed by atoms with Gasteiger partial charge in [-0.15, -0.1) is 0 Å². The molecule has 0 saturated carbocycles. The van der Waals surface area contributed by atoms with Crippen LogP contribution in [0.4, 0.5) is 16.3 Å². The number of carbonyl (C=O) groups is 1. The maximum absolute atomic E-state index is 13.0. The third-order valence-corrected chi connectivity index (χ3v) is 4.53. The number of nitriles is 1. The topological polar surface area (TPSA) is 91.1 Å². The minimum Gasteiger partial charge on any atom is -0.488 e. The summed E-state index contributed by atoms with van der Waals surface area (Å²) in [6.07, 6.45) is 0. The molecule has 29 heavy (non-hydrogen) atoms. The van der Waals surface area contributed by atoms with E-state index in [-0.39, 0.29) is 6.03 Å². The van der Waals surface area contributed by atoms with Crippen molar-refractivity contribution in [2.45, 2.75) is 13.8 Å². The predicted octanol–water partition coefficient (Wildman–Crippen LogP) is 4.06. The Balaban J connectivity index is 1.66. The third-order valence-electron chi connectivity index (χ3n) is 4.53. The van der Waals surface area contributed by atoms with Crippen molar-refractivity contribution >= 4 is 17.5 Å². The summed E-state index contributed by atoms with van der Waals surface area (Å²) in [6.45, 7) is 4.54. The predicted molar refractivity (Wildman–Crippen MR) is 110 cm³/mol. The number of pyridine rings is 2. The number of amides is 2. The number of urea groups is 1. The van der Waals surface area contributed by atoms with Gasteiger partial charge in [0, 0.05) is 22.6 Å². The Bertz CT molecular complexity index is 1120. The highest BCUT2D eigenvalue weighted by Crippen LogP contribution is 2.33. The number of ether oxygens (including phenoxy) is 1. The van der Waals surface area contributed by atoms with E-state index in [0.717, 1.165) is 17.0 Å². The summed E-state index contributed by atoms with van der Waals surface area (Å²) in [5.74, 6) is 1.00. The molecule has 0 radical (unpaired) electrons. The van der Waals surface area contributed by atoms with Gasteiger partial charge in [0.2, 0.25) is 0 Å². The van der Waals surface area contributed by atoms with Crippen molar-refractivity contribution in [2.24, 2.45) is 0 Å². The highest BCUT2D eigenvalue weighted by molar-refractivity contribution is 6.02. The van der Waals surface area contributed by atoms with Crippen LogP contribution in [0.3, 0.4) is 0 Å². The van der Waals surface area contributed by atoms with E-state index in [1.54, 1.807) is 23.1 Å². The van der Waals surface area contributed by atoms with Crippen molar-refractivity contribution in [1.29, 1.82) is 5.26 Å². The maximum Gasteiger partial charge on any atom is 0.327 e. The molecule has 7 heteroatoms. The number of hydrogen-bond acceptors (Lipinski definition) is 5. The first-order valence-corrected chi connectivity index (χ1v) is 9.22. The fraction of sp³-hybridized carbons (Fsp3) is 0.182. The van der Waals surface area contributed by atoms with Crippen LogP contribution in [0, 0.1) is 25.2 Å². The Morgan fingerprint density at radius 1 is 1.14 bits per heavy atom. The number of aromatic nitrogens is 2. The van der Waals surface area contributed by atoms with Crippen molar-refractivity contribution in [1.82, 2.24) is 9.97 Å². The number of nitrogens with zero attached hydrogens (tertiary/aromatic N) is 4. The highest BCUT2D eigenvalue weighted by Gasteiger charge is 2.26. The molecule has 1 N–H and O–H groups in total. The molecule has 0 atom stereocenters. The number of nitrogens with one attached hydrogen (secondary N) is 1. The lowest BCUT2D eigenvalue weighted by Crippen LogP contribution is -2.41. The molecule has 0 aliphatic carbocycles. The van der Waals surface area contributed by atoms with Gasteiger partial charge in [0.25, 0.3) is 0 Å². The second-order valence-electron chi connectivity index (χ2n) is 6.78. The Labute approximate surface area is 168 Å². The van der Waals surface area contributed by atoms with Crippen LogP contribution in [0.1, 0.15) is 17.0 Å². The second kappa shape index (κ2) is 7.60. The number of benzene rings is 1. The highest BCUT2D eigenvalue weighted by atomic mass is 16.5. The third kappa shape index (κ3) is 3.87. The van der Waals surface area contributed by atoms with Crippen LogP contribution in [0.2, 0.25) is 0 Å². The molecule has 0 bridgehead atoms. The molecule has 0 fully saturated rings. The molecule has 3 heterocycles. The van der Waals surface area contributed by atoms with Crippen LogP contribution in [-0.4, -0.2) is 29.2 Å². The smallest absolute Gasteiger partial charge is 0.327 e. The van der Waals surface area contributed by atoms with Gasteiger partial charge in [-0.2, -0.15) is 5.26 Å². The fourth-order valence-corrected chi connectivity index (χ4v) is 3.30. The molecule has 2 amide bonds. The first-order chi connectivity index (χ1) is 14.0. The molecule has 0 unspecified atom stereocenters. The summed E-state index contributed by atoms with van der Waals surface area (Å²) in [6, 6.07) is 16.3. The van der Waals surface area contributed by atoms with Gasteiger partial charge in [-0.25, -0.2) is 9.78 Å². The van der Waals surface area contributed by atoms with E-state index < -0.39 is 0 Å².